The van der Waals surface area contributed by atoms with Crippen molar-refractivity contribution in [2.24, 2.45) is 0 Å². The lowest BCUT2D eigenvalue weighted by molar-refractivity contribution is 0.304. The van der Waals surface area contributed by atoms with E-state index < -0.39 is 0 Å². The molecule has 3 heteroatoms. The van der Waals surface area contributed by atoms with Gasteiger partial charge >= 0.3 is 0 Å². The van der Waals surface area contributed by atoms with Crippen molar-refractivity contribution in [1.29, 1.82) is 0 Å². The number of benzene rings is 1. The number of rotatable bonds is 8. The molecule has 0 atom stereocenters. The predicted molar refractivity (Wildman–Crippen MR) is 72.0 cm³/mol. The van der Waals surface area contributed by atoms with Gasteiger partial charge in [0.2, 0.25) is 0 Å². The van der Waals surface area contributed by atoms with Gasteiger partial charge in [0, 0.05) is 6.07 Å². The first-order valence-corrected chi connectivity index (χ1v) is 6.73. The van der Waals surface area contributed by atoms with E-state index in [4.69, 9.17) is 16.3 Å². The Balaban J connectivity index is 2.14. The largest absolute Gasteiger partial charge is 0.508 e. The molecule has 0 bridgehead atoms. The molecule has 0 unspecified atom stereocenters. The van der Waals surface area contributed by atoms with Crippen LogP contribution in [0, 0.1) is 0 Å². The zero-order valence-corrected chi connectivity index (χ0v) is 11.2. The van der Waals surface area contributed by atoms with Crippen molar-refractivity contribution in [3.05, 3.63) is 23.2 Å². The second-order valence-electron chi connectivity index (χ2n) is 4.23. The Kier molecular flexibility index (Phi) is 6.87. The van der Waals surface area contributed by atoms with E-state index in [-0.39, 0.29) is 5.75 Å². The van der Waals surface area contributed by atoms with Gasteiger partial charge in [0.05, 0.1) is 11.6 Å². The lowest BCUT2D eigenvalue weighted by Gasteiger charge is -2.08. The highest BCUT2D eigenvalue weighted by molar-refractivity contribution is 6.32. The van der Waals surface area contributed by atoms with E-state index in [0.29, 0.717) is 17.4 Å². The molecule has 0 radical (unpaired) electrons. The summed E-state index contributed by atoms with van der Waals surface area (Å²) in [6, 6.07) is 4.79. The maximum absolute atomic E-state index is 9.19. The summed E-state index contributed by atoms with van der Waals surface area (Å²) in [4.78, 5) is 0. The first kappa shape index (κ1) is 14.2. The van der Waals surface area contributed by atoms with Gasteiger partial charge in [-0.05, 0) is 18.6 Å². The molecule has 0 spiro atoms. The van der Waals surface area contributed by atoms with Crippen LogP contribution in [-0.4, -0.2) is 11.7 Å². The molecule has 2 nitrogen and oxygen atoms in total. The number of unbranched alkanes of at least 4 members (excludes halogenated alkanes) is 5. The molecular weight excluding hydrogens is 236 g/mol. The van der Waals surface area contributed by atoms with Crippen LogP contribution >= 0.6 is 11.6 Å². The summed E-state index contributed by atoms with van der Waals surface area (Å²) in [5.41, 5.74) is 0. The number of halogens is 1. The van der Waals surface area contributed by atoms with Crippen LogP contribution < -0.4 is 4.74 Å². The Hall–Kier alpha value is -0.890. The van der Waals surface area contributed by atoms with Gasteiger partial charge in [0.1, 0.15) is 11.5 Å². The third kappa shape index (κ3) is 5.83. The summed E-state index contributed by atoms with van der Waals surface area (Å²) in [5.74, 6) is 0.819. The number of ether oxygens (including phenoxy) is 1. The molecule has 0 aliphatic heterocycles. The summed E-state index contributed by atoms with van der Waals surface area (Å²) in [7, 11) is 0. The van der Waals surface area contributed by atoms with Crippen LogP contribution in [0.5, 0.6) is 11.5 Å². The molecule has 1 aromatic carbocycles. The third-order valence-electron chi connectivity index (χ3n) is 2.67. The molecule has 1 aromatic rings. The van der Waals surface area contributed by atoms with E-state index in [1.807, 2.05) is 0 Å². The minimum atomic E-state index is 0.168. The van der Waals surface area contributed by atoms with Gasteiger partial charge < -0.3 is 9.84 Å². The number of phenols is 1. The van der Waals surface area contributed by atoms with Crippen LogP contribution in [0.4, 0.5) is 0 Å². The van der Waals surface area contributed by atoms with Gasteiger partial charge in [-0.2, -0.15) is 0 Å². The topological polar surface area (TPSA) is 29.5 Å². The van der Waals surface area contributed by atoms with E-state index >= 15 is 0 Å². The molecule has 17 heavy (non-hydrogen) atoms. The Morgan fingerprint density at radius 3 is 2.53 bits per heavy atom. The predicted octanol–water partition coefficient (Wildman–Crippen LogP) is 4.78. The molecule has 0 fully saturated rings. The van der Waals surface area contributed by atoms with E-state index in [0.717, 1.165) is 6.42 Å². The maximum atomic E-state index is 9.19. The molecule has 0 aliphatic rings. The first-order valence-electron chi connectivity index (χ1n) is 6.35. The Morgan fingerprint density at radius 2 is 1.82 bits per heavy atom. The summed E-state index contributed by atoms with van der Waals surface area (Å²) >= 11 is 5.93. The smallest absolute Gasteiger partial charge is 0.138 e. The zero-order chi connectivity index (χ0) is 12.5. The van der Waals surface area contributed by atoms with Crippen LogP contribution in [0.1, 0.15) is 45.4 Å². The fourth-order valence-corrected chi connectivity index (χ4v) is 1.90. The van der Waals surface area contributed by atoms with Crippen LogP contribution in [0.25, 0.3) is 0 Å². The van der Waals surface area contributed by atoms with E-state index in [1.54, 1.807) is 12.1 Å². The number of phenolic OH excluding ortho intramolecular Hbond substituents is 1. The lowest BCUT2D eigenvalue weighted by atomic mass is 10.1. The molecule has 0 amide bonds. The van der Waals surface area contributed by atoms with Gasteiger partial charge in [0.15, 0.2) is 0 Å². The van der Waals surface area contributed by atoms with Crippen LogP contribution in [0.2, 0.25) is 5.02 Å². The Morgan fingerprint density at radius 1 is 1.12 bits per heavy atom. The molecule has 0 aromatic heterocycles. The number of hydrogen-bond acceptors (Lipinski definition) is 2. The zero-order valence-electron chi connectivity index (χ0n) is 10.4. The Bertz CT molecular complexity index is 326. The summed E-state index contributed by atoms with van der Waals surface area (Å²) < 4.78 is 5.56. The van der Waals surface area contributed by atoms with Crippen molar-refractivity contribution in [2.75, 3.05) is 6.61 Å². The van der Waals surface area contributed by atoms with E-state index in [9.17, 15) is 5.11 Å². The highest BCUT2D eigenvalue weighted by Gasteiger charge is 2.01. The fraction of sp³-hybridized carbons (Fsp3) is 0.571. The second kappa shape index (κ2) is 8.24. The molecule has 1 rings (SSSR count). The highest BCUT2D eigenvalue weighted by Crippen LogP contribution is 2.28. The van der Waals surface area contributed by atoms with Gasteiger partial charge in [-0.1, -0.05) is 50.6 Å². The van der Waals surface area contributed by atoms with Crippen molar-refractivity contribution in [1.82, 2.24) is 0 Å². The summed E-state index contributed by atoms with van der Waals surface area (Å²) in [6.45, 7) is 2.91. The van der Waals surface area contributed by atoms with Crippen molar-refractivity contribution >= 4 is 11.6 Å². The van der Waals surface area contributed by atoms with Gasteiger partial charge in [-0.3, -0.25) is 0 Å². The molecule has 0 saturated carbocycles. The van der Waals surface area contributed by atoms with Crippen LogP contribution in [0.3, 0.4) is 0 Å². The first-order chi connectivity index (χ1) is 8.24. The van der Waals surface area contributed by atoms with E-state index in [1.165, 1.54) is 38.2 Å². The fourth-order valence-electron chi connectivity index (χ4n) is 1.67. The quantitative estimate of drug-likeness (QED) is 0.678. The maximum Gasteiger partial charge on any atom is 0.138 e. The second-order valence-corrected chi connectivity index (χ2v) is 4.64. The molecule has 0 heterocycles. The minimum Gasteiger partial charge on any atom is -0.508 e. The summed E-state index contributed by atoms with van der Waals surface area (Å²) in [5, 5.41) is 9.66. The minimum absolute atomic E-state index is 0.168. The molecular formula is C14H21ClO2. The average molecular weight is 257 g/mol. The van der Waals surface area contributed by atoms with Crippen molar-refractivity contribution in [3.8, 4) is 11.5 Å². The van der Waals surface area contributed by atoms with Gasteiger partial charge in [-0.25, -0.2) is 0 Å². The highest BCUT2D eigenvalue weighted by atomic mass is 35.5. The summed E-state index contributed by atoms with van der Waals surface area (Å²) in [6.07, 6.45) is 7.46. The van der Waals surface area contributed by atoms with E-state index in [2.05, 4.69) is 6.92 Å². The molecule has 1 N–H and O–H groups in total. The molecule has 96 valence electrons. The van der Waals surface area contributed by atoms with Crippen molar-refractivity contribution < 1.29 is 9.84 Å². The van der Waals surface area contributed by atoms with Crippen molar-refractivity contribution in [3.63, 3.8) is 0 Å². The number of hydrogen-bond donors (Lipinski definition) is 1. The van der Waals surface area contributed by atoms with Crippen LogP contribution in [0.15, 0.2) is 18.2 Å². The normalized spacial score (nSPS) is 10.5. The molecule has 0 aliphatic carbocycles. The van der Waals surface area contributed by atoms with Gasteiger partial charge in [-0.15, -0.1) is 0 Å². The monoisotopic (exact) mass is 256 g/mol. The van der Waals surface area contributed by atoms with Crippen LogP contribution in [-0.2, 0) is 0 Å². The average Bonchev–Trinajstić information content (AvgIpc) is 2.30. The lowest BCUT2D eigenvalue weighted by Crippen LogP contribution is -1.97. The van der Waals surface area contributed by atoms with Crippen molar-refractivity contribution in [2.45, 2.75) is 45.4 Å². The number of aromatic hydroxyl groups is 1. The SMILES string of the molecule is CCCCCCCCOc1ccc(O)cc1Cl. The third-order valence-corrected chi connectivity index (χ3v) is 2.97. The van der Waals surface area contributed by atoms with Gasteiger partial charge in [0.25, 0.3) is 0 Å². The Labute approximate surface area is 109 Å². The molecule has 0 saturated heterocycles. The standard InChI is InChI=1S/C14H21ClO2/c1-2-3-4-5-6-7-10-17-14-9-8-12(16)11-13(14)15/h8-9,11,16H,2-7,10H2,1H3.